The Morgan fingerprint density at radius 2 is 1.46 bits per heavy atom. The summed E-state index contributed by atoms with van der Waals surface area (Å²) in [5.41, 5.74) is 3.48. The third kappa shape index (κ3) is 8.69. The molecule has 0 radical (unpaired) electrons. The number of rotatable bonds is 14. The summed E-state index contributed by atoms with van der Waals surface area (Å²) >= 11 is 13.2. The molecule has 0 saturated carbocycles. The quantitative estimate of drug-likeness (QED) is 0.141. The standard InChI is InChI=1S/C36H39Cl2N3O4S/c1-4-5-21-39-36(43)34(23-28-13-8-6-9-14-28)40(24-31-32(37)17-12-18-33(31)38)35(42)25-41(29-20-19-26(2)27(3)22-29)46(44,45)30-15-10-7-11-16-30/h6-20,22,34H,4-5,21,23-25H2,1-3H3,(H,39,43). The third-order valence-corrected chi connectivity index (χ3v) is 10.4. The summed E-state index contributed by atoms with van der Waals surface area (Å²) in [4.78, 5) is 29.9. The van der Waals surface area contributed by atoms with Crippen LogP contribution >= 0.6 is 23.2 Å². The largest absolute Gasteiger partial charge is 0.354 e. The van der Waals surface area contributed by atoms with Crippen LogP contribution in [0.3, 0.4) is 0 Å². The van der Waals surface area contributed by atoms with E-state index in [4.69, 9.17) is 23.2 Å². The molecule has 1 N–H and O–H groups in total. The Kier molecular flexibility index (Phi) is 12.3. The first-order valence-electron chi connectivity index (χ1n) is 15.2. The van der Waals surface area contributed by atoms with Gasteiger partial charge in [0.05, 0.1) is 10.6 Å². The van der Waals surface area contributed by atoms with Crippen molar-refractivity contribution in [2.24, 2.45) is 0 Å². The maximum atomic E-state index is 14.6. The lowest BCUT2D eigenvalue weighted by atomic mass is 10.0. The van der Waals surface area contributed by atoms with E-state index in [-0.39, 0.29) is 23.8 Å². The number of carbonyl (C=O) groups is 2. The van der Waals surface area contributed by atoms with Gasteiger partial charge in [0.1, 0.15) is 12.6 Å². The summed E-state index contributed by atoms with van der Waals surface area (Å²) in [7, 11) is -4.19. The molecule has 0 bridgehead atoms. The van der Waals surface area contributed by atoms with E-state index in [0.717, 1.165) is 33.8 Å². The van der Waals surface area contributed by atoms with Gasteiger partial charge in [0, 0.05) is 35.1 Å². The lowest BCUT2D eigenvalue weighted by Crippen LogP contribution is -2.53. The minimum Gasteiger partial charge on any atom is -0.354 e. The molecule has 0 aliphatic heterocycles. The van der Waals surface area contributed by atoms with E-state index < -0.39 is 28.5 Å². The van der Waals surface area contributed by atoms with Crippen molar-refractivity contribution in [2.45, 2.75) is 57.5 Å². The predicted molar refractivity (Wildman–Crippen MR) is 186 cm³/mol. The van der Waals surface area contributed by atoms with Crippen molar-refractivity contribution in [3.63, 3.8) is 0 Å². The van der Waals surface area contributed by atoms with Crippen LogP contribution in [0.2, 0.25) is 10.0 Å². The average molecular weight is 681 g/mol. The van der Waals surface area contributed by atoms with Gasteiger partial charge in [-0.1, -0.05) is 97.2 Å². The highest BCUT2D eigenvalue weighted by Crippen LogP contribution is 2.29. The van der Waals surface area contributed by atoms with Gasteiger partial charge in [-0.2, -0.15) is 0 Å². The molecule has 0 fully saturated rings. The van der Waals surface area contributed by atoms with E-state index in [2.05, 4.69) is 5.32 Å². The molecule has 2 amide bonds. The number of hydrogen-bond acceptors (Lipinski definition) is 4. The summed E-state index contributed by atoms with van der Waals surface area (Å²) < 4.78 is 29.4. The van der Waals surface area contributed by atoms with Crippen molar-refractivity contribution >= 4 is 50.7 Å². The number of unbranched alkanes of at least 4 members (excludes halogenated alkanes) is 1. The molecule has 0 saturated heterocycles. The Balaban J connectivity index is 1.83. The fourth-order valence-corrected chi connectivity index (χ4v) is 6.99. The highest BCUT2D eigenvalue weighted by molar-refractivity contribution is 7.92. The molecule has 0 heterocycles. The molecule has 4 aromatic rings. The van der Waals surface area contributed by atoms with Crippen LogP contribution in [0.4, 0.5) is 5.69 Å². The summed E-state index contributed by atoms with van der Waals surface area (Å²) in [5.74, 6) is -0.933. The van der Waals surface area contributed by atoms with Gasteiger partial charge in [-0.3, -0.25) is 13.9 Å². The monoisotopic (exact) mass is 679 g/mol. The van der Waals surface area contributed by atoms with Crippen LogP contribution in [-0.4, -0.2) is 44.3 Å². The number of anilines is 1. The maximum Gasteiger partial charge on any atom is 0.264 e. The van der Waals surface area contributed by atoms with Crippen LogP contribution in [0, 0.1) is 13.8 Å². The molecular formula is C36H39Cl2N3O4S. The third-order valence-electron chi connectivity index (χ3n) is 7.88. The topological polar surface area (TPSA) is 86.8 Å². The van der Waals surface area contributed by atoms with E-state index in [1.165, 1.54) is 17.0 Å². The zero-order chi connectivity index (χ0) is 33.3. The van der Waals surface area contributed by atoms with Crippen molar-refractivity contribution < 1.29 is 18.0 Å². The number of hydrogen-bond donors (Lipinski definition) is 1. The Morgan fingerprint density at radius 3 is 2.07 bits per heavy atom. The summed E-state index contributed by atoms with van der Waals surface area (Å²) in [6.45, 7) is 5.61. The van der Waals surface area contributed by atoms with Gasteiger partial charge in [0.15, 0.2) is 0 Å². The SMILES string of the molecule is CCCCNC(=O)C(Cc1ccccc1)N(Cc1c(Cl)cccc1Cl)C(=O)CN(c1ccc(C)c(C)c1)S(=O)(=O)c1ccccc1. The molecular weight excluding hydrogens is 641 g/mol. The van der Waals surface area contributed by atoms with Gasteiger partial charge in [-0.05, 0) is 73.4 Å². The number of sulfonamides is 1. The molecule has 46 heavy (non-hydrogen) atoms. The molecule has 4 aromatic carbocycles. The summed E-state index contributed by atoms with van der Waals surface area (Å²) in [6.07, 6.45) is 1.84. The van der Waals surface area contributed by atoms with Crippen LogP contribution in [0.15, 0.2) is 102 Å². The van der Waals surface area contributed by atoms with Gasteiger partial charge in [-0.25, -0.2) is 8.42 Å². The molecule has 4 rings (SSSR count). The molecule has 0 aromatic heterocycles. The zero-order valence-corrected chi connectivity index (χ0v) is 28.6. The number of nitrogens with zero attached hydrogens (tertiary/aromatic N) is 2. The average Bonchev–Trinajstić information content (AvgIpc) is 3.05. The minimum atomic E-state index is -4.19. The van der Waals surface area contributed by atoms with Gasteiger partial charge in [0.2, 0.25) is 11.8 Å². The number of nitrogens with one attached hydrogen (secondary N) is 1. The van der Waals surface area contributed by atoms with Crippen LogP contribution in [0.25, 0.3) is 0 Å². The normalized spacial score (nSPS) is 11.9. The Morgan fingerprint density at radius 1 is 0.826 bits per heavy atom. The van der Waals surface area contributed by atoms with Gasteiger partial charge in [-0.15, -0.1) is 0 Å². The number of amides is 2. The van der Waals surface area contributed by atoms with Crippen LogP contribution in [0.1, 0.15) is 42.0 Å². The number of halogens is 2. The van der Waals surface area contributed by atoms with E-state index in [1.807, 2.05) is 57.2 Å². The van der Waals surface area contributed by atoms with E-state index >= 15 is 0 Å². The number of benzene rings is 4. The van der Waals surface area contributed by atoms with E-state index in [9.17, 15) is 18.0 Å². The Labute approximate surface area is 282 Å². The van der Waals surface area contributed by atoms with E-state index in [1.54, 1.807) is 48.5 Å². The smallest absolute Gasteiger partial charge is 0.264 e. The Hall–Kier alpha value is -3.85. The van der Waals surface area contributed by atoms with E-state index in [0.29, 0.717) is 27.8 Å². The molecule has 1 unspecified atom stereocenters. The van der Waals surface area contributed by atoms with Crippen LogP contribution < -0.4 is 9.62 Å². The predicted octanol–water partition coefficient (Wildman–Crippen LogP) is 7.36. The second-order valence-corrected chi connectivity index (χ2v) is 13.8. The first kappa shape index (κ1) is 35.0. The molecule has 242 valence electrons. The second-order valence-electron chi connectivity index (χ2n) is 11.2. The fourth-order valence-electron chi connectivity index (χ4n) is 5.04. The van der Waals surface area contributed by atoms with Crippen molar-refractivity contribution in [1.29, 1.82) is 0 Å². The molecule has 7 nitrogen and oxygen atoms in total. The van der Waals surface area contributed by atoms with Gasteiger partial charge >= 0.3 is 0 Å². The van der Waals surface area contributed by atoms with Crippen molar-refractivity contribution in [2.75, 3.05) is 17.4 Å². The fraction of sp³-hybridized carbons (Fsp3) is 0.278. The van der Waals surface area contributed by atoms with Gasteiger partial charge in [0.25, 0.3) is 10.0 Å². The van der Waals surface area contributed by atoms with Crippen molar-refractivity contribution in [3.8, 4) is 0 Å². The molecule has 0 spiro atoms. The summed E-state index contributed by atoms with van der Waals surface area (Å²) in [6, 6.07) is 26.7. The van der Waals surface area contributed by atoms with Crippen LogP contribution in [-0.2, 0) is 32.6 Å². The minimum absolute atomic E-state index is 0.0415. The second kappa shape index (κ2) is 16.1. The molecule has 0 aliphatic rings. The maximum absolute atomic E-state index is 14.6. The Bertz CT molecular complexity index is 1730. The van der Waals surface area contributed by atoms with Crippen molar-refractivity contribution in [1.82, 2.24) is 10.2 Å². The van der Waals surface area contributed by atoms with Crippen molar-refractivity contribution in [3.05, 3.63) is 129 Å². The molecule has 1 atom stereocenters. The number of carbonyl (C=O) groups excluding carboxylic acids is 2. The first-order valence-corrected chi connectivity index (χ1v) is 17.4. The lowest BCUT2D eigenvalue weighted by Gasteiger charge is -2.34. The van der Waals surface area contributed by atoms with Crippen LogP contribution in [0.5, 0.6) is 0 Å². The summed E-state index contributed by atoms with van der Waals surface area (Å²) in [5, 5.41) is 3.64. The highest BCUT2D eigenvalue weighted by atomic mass is 35.5. The molecule has 10 heteroatoms. The van der Waals surface area contributed by atoms with Gasteiger partial charge < -0.3 is 10.2 Å². The lowest BCUT2D eigenvalue weighted by molar-refractivity contribution is -0.140. The molecule has 0 aliphatic carbocycles. The highest BCUT2D eigenvalue weighted by Gasteiger charge is 2.35. The number of aryl methyl sites for hydroxylation is 2. The first-order chi connectivity index (χ1) is 22.0. The zero-order valence-electron chi connectivity index (χ0n) is 26.2.